The predicted octanol–water partition coefficient (Wildman–Crippen LogP) is 3.37. The van der Waals surface area contributed by atoms with E-state index >= 15 is 0 Å². The number of aromatic nitrogens is 3. The highest BCUT2D eigenvalue weighted by atomic mass is 16.5. The molecule has 28 heavy (non-hydrogen) atoms. The van der Waals surface area contributed by atoms with Crippen molar-refractivity contribution in [2.45, 2.75) is 82.7 Å². The monoisotopic (exact) mass is 388 g/mol. The Kier molecular flexibility index (Phi) is 6.04. The van der Waals surface area contributed by atoms with E-state index in [0.29, 0.717) is 17.9 Å². The van der Waals surface area contributed by atoms with Gasteiger partial charge in [0.25, 0.3) is 11.8 Å². The lowest BCUT2D eigenvalue weighted by molar-refractivity contribution is 0.0409. The fourth-order valence-electron chi connectivity index (χ4n) is 4.51. The number of rotatable bonds is 6. The number of amides is 1. The molecule has 2 aromatic heterocycles. The number of carbonyl (C=O) groups excluding carboxylic acids is 1. The van der Waals surface area contributed by atoms with Gasteiger partial charge in [0.05, 0.1) is 6.61 Å². The van der Waals surface area contributed by atoms with Crippen LogP contribution in [0.3, 0.4) is 0 Å². The van der Waals surface area contributed by atoms with E-state index in [2.05, 4.69) is 20.2 Å². The molecule has 152 valence electrons. The molecule has 0 radical (unpaired) electrons. The first-order valence-corrected chi connectivity index (χ1v) is 10.5. The van der Waals surface area contributed by atoms with E-state index < -0.39 is 0 Å². The standard InChI is InChI=1S/C20H28N4O4/c25-12-11-18-21-19(28-23-18)16-13-17(27-22-16)20(26)24(14-7-3-1-4-8-14)15-9-5-2-6-10-15/h13-15,25H,1-12H2. The highest BCUT2D eigenvalue weighted by molar-refractivity contribution is 5.92. The van der Waals surface area contributed by atoms with E-state index in [1.807, 2.05) is 0 Å². The maximum absolute atomic E-state index is 13.4. The number of aliphatic hydroxyl groups is 1. The van der Waals surface area contributed by atoms with Crippen LogP contribution in [-0.2, 0) is 6.42 Å². The van der Waals surface area contributed by atoms with Crippen molar-refractivity contribution in [1.29, 1.82) is 0 Å². The van der Waals surface area contributed by atoms with E-state index in [9.17, 15) is 4.79 Å². The first-order valence-electron chi connectivity index (χ1n) is 10.5. The van der Waals surface area contributed by atoms with Crippen LogP contribution < -0.4 is 0 Å². The second-order valence-electron chi connectivity index (χ2n) is 7.86. The Bertz CT molecular complexity index is 757. The predicted molar refractivity (Wildman–Crippen MR) is 101 cm³/mol. The summed E-state index contributed by atoms with van der Waals surface area (Å²) in [5, 5.41) is 16.7. The Morgan fingerprint density at radius 2 is 1.64 bits per heavy atom. The molecule has 0 aromatic carbocycles. The third kappa shape index (κ3) is 4.11. The molecule has 2 aromatic rings. The zero-order valence-electron chi connectivity index (χ0n) is 16.2. The smallest absolute Gasteiger partial charge is 0.292 e. The summed E-state index contributed by atoms with van der Waals surface area (Å²) in [5.41, 5.74) is 0.354. The van der Waals surface area contributed by atoms with Crippen LogP contribution in [0.1, 0.15) is 80.6 Å². The van der Waals surface area contributed by atoms with Crippen LogP contribution in [0.5, 0.6) is 0 Å². The minimum absolute atomic E-state index is 0.0563. The van der Waals surface area contributed by atoms with Gasteiger partial charge in [-0.15, -0.1) is 0 Å². The Morgan fingerprint density at radius 3 is 2.25 bits per heavy atom. The summed E-state index contributed by atoms with van der Waals surface area (Å²) in [4.78, 5) is 19.7. The van der Waals surface area contributed by atoms with Gasteiger partial charge in [0.15, 0.2) is 11.5 Å². The third-order valence-electron chi connectivity index (χ3n) is 5.91. The average molecular weight is 388 g/mol. The highest BCUT2D eigenvalue weighted by Gasteiger charge is 2.35. The first-order chi connectivity index (χ1) is 13.8. The van der Waals surface area contributed by atoms with Crippen molar-refractivity contribution in [2.75, 3.05) is 6.61 Å². The second-order valence-corrected chi connectivity index (χ2v) is 7.86. The largest absolute Gasteiger partial charge is 0.396 e. The number of aliphatic hydroxyl groups excluding tert-OH is 1. The summed E-state index contributed by atoms with van der Waals surface area (Å²) >= 11 is 0. The van der Waals surface area contributed by atoms with E-state index in [1.54, 1.807) is 6.07 Å². The summed E-state index contributed by atoms with van der Waals surface area (Å²) < 4.78 is 10.6. The summed E-state index contributed by atoms with van der Waals surface area (Å²) in [5.74, 6) is 0.758. The number of hydrogen-bond acceptors (Lipinski definition) is 7. The summed E-state index contributed by atoms with van der Waals surface area (Å²) in [6, 6.07) is 2.17. The van der Waals surface area contributed by atoms with Crippen LogP contribution >= 0.6 is 0 Å². The number of carbonyl (C=O) groups is 1. The van der Waals surface area contributed by atoms with Crippen LogP contribution in [0, 0.1) is 0 Å². The van der Waals surface area contributed by atoms with Crippen LogP contribution in [0.15, 0.2) is 15.1 Å². The van der Waals surface area contributed by atoms with Crippen molar-refractivity contribution >= 4 is 5.91 Å². The van der Waals surface area contributed by atoms with Crippen molar-refractivity contribution in [3.63, 3.8) is 0 Å². The van der Waals surface area contributed by atoms with E-state index in [1.165, 1.54) is 38.5 Å². The molecular formula is C20H28N4O4. The Hall–Kier alpha value is -2.22. The van der Waals surface area contributed by atoms with Gasteiger partial charge in [-0.05, 0) is 25.7 Å². The summed E-state index contributed by atoms with van der Waals surface area (Å²) in [6.45, 7) is -0.0563. The molecule has 2 heterocycles. The molecule has 0 saturated heterocycles. The van der Waals surface area contributed by atoms with Crippen LogP contribution in [-0.4, -0.2) is 49.9 Å². The van der Waals surface area contributed by atoms with Crippen LogP contribution in [0.25, 0.3) is 11.6 Å². The third-order valence-corrected chi connectivity index (χ3v) is 5.91. The molecule has 2 fully saturated rings. The van der Waals surface area contributed by atoms with Crippen molar-refractivity contribution < 1.29 is 18.9 Å². The van der Waals surface area contributed by atoms with Gasteiger partial charge in [-0.3, -0.25) is 4.79 Å². The van der Waals surface area contributed by atoms with Gasteiger partial charge in [0.1, 0.15) is 0 Å². The highest BCUT2D eigenvalue weighted by Crippen LogP contribution is 2.32. The van der Waals surface area contributed by atoms with Gasteiger partial charge in [0, 0.05) is 24.6 Å². The SMILES string of the molecule is O=C(c1cc(-c2nc(CCO)no2)no1)N(C1CCCCC1)C1CCCCC1. The number of nitrogens with zero attached hydrogens (tertiary/aromatic N) is 4. The van der Waals surface area contributed by atoms with Crippen LogP contribution in [0.2, 0.25) is 0 Å². The zero-order valence-corrected chi connectivity index (χ0v) is 16.2. The molecule has 0 bridgehead atoms. The summed E-state index contributed by atoms with van der Waals surface area (Å²) in [6.07, 6.45) is 11.8. The quantitative estimate of drug-likeness (QED) is 0.809. The molecule has 1 amide bonds. The minimum atomic E-state index is -0.0763. The van der Waals surface area contributed by atoms with Crippen molar-refractivity contribution in [3.8, 4) is 11.6 Å². The second kappa shape index (κ2) is 8.86. The van der Waals surface area contributed by atoms with Gasteiger partial charge in [-0.1, -0.05) is 48.8 Å². The molecule has 0 spiro atoms. The van der Waals surface area contributed by atoms with Gasteiger partial charge in [-0.2, -0.15) is 4.98 Å². The fourth-order valence-corrected chi connectivity index (χ4v) is 4.51. The Balaban J connectivity index is 1.54. The Morgan fingerprint density at radius 1 is 1.00 bits per heavy atom. The molecule has 2 saturated carbocycles. The Labute approximate surface area is 164 Å². The molecule has 0 aliphatic heterocycles. The van der Waals surface area contributed by atoms with Gasteiger partial charge in [-0.25, -0.2) is 0 Å². The maximum Gasteiger partial charge on any atom is 0.292 e. The maximum atomic E-state index is 13.4. The normalized spacial score (nSPS) is 19.0. The molecule has 8 heteroatoms. The van der Waals surface area contributed by atoms with E-state index in [4.69, 9.17) is 14.2 Å². The van der Waals surface area contributed by atoms with E-state index in [-0.39, 0.29) is 36.2 Å². The van der Waals surface area contributed by atoms with Gasteiger partial charge < -0.3 is 19.1 Å². The van der Waals surface area contributed by atoms with E-state index in [0.717, 1.165) is 25.7 Å². The van der Waals surface area contributed by atoms with Crippen LogP contribution in [0.4, 0.5) is 0 Å². The first kappa shape index (κ1) is 19.1. The molecule has 0 atom stereocenters. The van der Waals surface area contributed by atoms with Gasteiger partial charge >= 0.3 is 0 Å². The van der Waals surface area contributed by atoms with Crippen molar-refractivity contribution in [1.82, 2.24) is 20.2 Å². The topological polar surface area (TPSA) is 105 Å². The number of hydrogen-bond donors (Lipinski definition) is 1. The molecule has 2 aliphatic rings. The van der Waals surface area contributed by atoms with Gasteiger partial charge in [0.2, 0.25) is 5.76 Å². The minimum Gasteiger partial charge on any atom is -0.396 e. The molecule has 8 nitrogen and oxygen atoms in total. The zero-order chi connectivity index (χ0) is 19.3. The average Bonchev–Trinajstić information content (AvgIpc) is 3.40. The molecular weight excluding hydrogens is 360 g/mol. The summed E-state index contributed by atoms with van der Waals surface area (Å²) in [7, 11) is 0. The lowest BCUT2D eigenvalue weighted by Gasteiger charge is -2.41. The lowest BCUT2D eigenvalue weighted by Crippen LogP contribution is -2.48. The van der Waals surface area contributed by atoms with Crippen molar-refractivity contribution in [2.24, 2.45) is 0 Å². The van der Waals surface area contributed by atoms with Crippen molar-refractivity contribution in [3.05, 3.63) is 17.7 Å². The lowest BCUT2D eigenvalue weighted by atomic mass is 9.88. The molecule has 1 N–H and O–H groups in total. The molecule has 0 unspecified atom stereocenters. The molecule has 2 aliphatic carbocycles. The fraction of sp³-hybridized carbons (Fsp3) is 0.700. The molecule has 4 rings (SSSR count).